The average molecular weight is 244 g/mol. The molecule has 3 nitrogen and oxygen atoms in total. The SMILES string of the molecule is Cc1ccc2c(c1)C(NC1CCCNC1=O)CC2. The molecule has 2 unspecified atom stereocenters. The molecule has 96 valence electrons. The Balaban J connectivity index is 1.76. The van der Waals surface area contributed by atoms with Gasteiger partial charge in [0.2, 0.25) is 5.91 Å². The van der Waals surface area contributed by atoms with Crippen LogP contribution in [-0.2, 0) is 11.2 Å². The summed E-state index contributed by atoms with van der Waals surface area (Å²) in [4.78, 5) is 11.8. The van der Waals surface area contributed by atoms with Crippen molar-refractivity contribution in [3.05, 3.63) is 34.9 Å². The molecule has 1 aliphatic carbocycles. The standard InChI is InChI=1S/C15H20N2O/c1-10-4-5-11-6-7-13(12(11)9-10)17-14-3-2-8-16-15(14)18/h4-5,9,13-14,17H,2-3,6-8H2,1H3,(H,16,18). The Labute approximate surface area is 108 Å². The topological polar surface area (TPSA) is 41.1 Å². The summed E-state index contributed by atoms with van der Waals surface area (Å²) in [7, 11) is 0. The first-order valence-corrected chi connectivity index (χ1v) is 6.87. The summed E-state index contributed by atoms with van der Waals surface area (Å²) in [5.41, 5.74) is 4.14. The van der Waals surface area contributed by atoms with Gasteiger partial charge in [-0.05, 0) is 43.7 Å². The van der Waals surface area contributed by atoms with E-state index >= 15 is 0 Å². The molecule has 1 heterocycles. The van der Waals surface area contributed by atoms with Crippen molar-refractivity contribution in [1.29, 1.82) is 0 Å². The van der Waals surface area contributed by atoms with Crippen molar-refractivity contribution in [3.63, 3.8) is 0 Å². The predicted molar refractivity (Wildman–Crippen MR) is 71.4 cm³/mol. The number of hydrogen-bond acceptors (Lipinski definition) is 2. The molecule has 0 saturated carbocycles. The molecule has 3 rings (SSSR count). The quantitative estimate of drug-likeness (QED) is 0.833. The van der Waals surface area contributed by atoms with Crippen molar-refractivity contribution >= 4 is 5.91 Å². The smallest absolute Gasteiger partial charge is 0.237 e. The Hall–Kier alpha value is -1.35. The fourth-order valence-electron chi connectivity index (χ4n) is 3.07. The fourth-order valence-corrected chi connectivity index (χ4v) is 3.07. The highest BCUT2D eigenvalue weighted by Crippen LogP contribution is 2.32. The minimum Gasteiger partial charge on any atom is -0.355 e. The van der Waals surface area contributed by atoms with Gasteiger partial charge in [0.05, 0.1) is 6.04 Å². The first-order valence-electron chi connectivity index (χ1n) is 6.87. The van der Waals surface area contributed by atoms with E-state index < -0.39 is 0 Å². The van der Waals surface area contributed by atoms with Gasteiger partial charge in [-0.15, -0.1) is 0 Å². The summed E-state index contributed by atoms with van der Waals surface area (Å²) >= 11 is 0. The van der Waals surface area contributed by atoms with Gasteiger partial charge in [-0.3, -0.25) is 10.1 Å². The number of aryl methyl sites for hydroxylation is 2. The van der Waals surface area contributed by atoms with Crippen LogP contribution in [0.15, 0.2) is 18.2 Å². The van der Waals surface area contributed by atoms with Gasteiger partial charge in [0, 0.05) is 12.6 Å². The summed E-state index contributed by atoms with van der Waals surface area (Å²) in [6.07, 6.45) is 4.28. The van der Waals surface area contributed by atoms with Gasteiger partial charge in [-0.25, -0.2) is 0 Å². The second kappa shape index (κ2) is 4.73. The highest BCUT2D eigenvalue weighted by Gasteiger charge is 2.28. The molecule has 1 aliphatic heterocycles. The van der Waals surface area contributed by atoms with E-state index in [-0.39, 0.29) is 11.9 Å². The second-order valence-electron chi connectivity index (χ2n) is 5.45. The lowest BCUT2D eigenvalue weighted by Gasteiger charge is -2.26. The van der Waals surface area contributed by atoms with Gasteiger partial charge in [-0.1, -0.05) is 23.8 Å². The second-order valence-corrected chi connectivity index (χ2v) is 5.45. The first kappa shape index (κ1) is 11.7. The third-order valence-corrected chi connectivity index (χ3v) is 4.07. The number of nitrogens with one attached hydrogen (secondary N) is 2. The van der Waals surface area contributed by atoms with Crippen molar-refractivity contribution in [1.82, 2.24) is 10.6 Å². The van der Waals surface area contributed by atoms with E-state index in [1.54, 1.807) is 0 Å². The molecule has 2 N–H and O–H groups in total. The Morgan fingerprint density at radius 2 is 2.17 bits per heavy atom. The van der Waals surface area contributed by atoms with Crippen LogP contribution in [0.3, 0.4) is 0 Å². The Morgan fingerprint density at radius 1 is 1.28 bits per heavy atom. The number of fused-ring (bicyclic) bond motifs is 1. The summed E-state index contributed by atoms with van der Waals surface area (Å²) in [6.45, 7) is 2.96. The summed E-state index contributed by atoms with van der Waals surface area (Å²) in [5.74, 6) is 0.169. The van der Waals surface area contributed by atoms with E-state index in [1.807, 2.05) is 0 Å². The number of carbonyl (C=O) groups excluding carboxylic acids is 1. The number of rotatable bonds is 2. The van der Waals surface area contributed by atoms with Crippen molar-refractivity contribution in [2.45, 2.75) is 44.7 Å². The zero-order valence-corrected chi connectivity index (χ0v) is 10.8. The molecule has 1 amide bonds. The highest BCUT2D eigenvalue weighted by atomic mass is 16.2. The van der Waals surface area contributed by atoms with Crippen LogP contribution < -0.4 is 10.6 Å². The summed E-state index contributed by atoms with van der Waals surface area (Å²) < 4.78 is 0. The van der Waals surface area contributed by atoms with Crippen LogP contribution >= 0.6 is 0 Å². The molecule has 2 atom stereocenters. The van der Waals surface area contributed by atoms with Crippen LogP contribution in [0.4, 0.5) is 0 Å². The zero-order chi connectivity index (χ0) is 12.5. The number of carbonyl (C=O) groups is 1. The van der Waals surface area contributed by atoms with E-state index in [4.69, 9.17) is 0 Å². The van der Waals surface area contributed by atoms with Crippen LogP contribution in [0.2, 0.25) is 0 Å². The summed E-state index contributed by atoms with van der Waals surface area (Å²) in [6, 6.07) is 7.02. The van der Waals surface area contributed by atoms with Crippen molar-refractivity contribution < 1.29 is 4.79 Å². The van der Waals surface area contributed by atoms with E-state index in [1.165, 1.54) is 16.7 Å². The minimum atomic E-state index is -0.00443. The van der Waals surface area contributed by atoms with Crippen LogP contribution in [0.5, 0.6) is 0 Å². The lowest BCUT2D eigenvalue weighted by atomic mass is 10.0. The largest absolute Gasteiger partial charge is 0.355 e. The average Bonchev–Trinajstić information content (AvgIpc) is 2.75. The van der Waals surface area contributed by atoms with Crippen molar-refractivity contribution in [2.75, 3.05) is 6.54 Å². The van der Waals surface area contributed by atoms with Gasteiger partial charge < -0.3 is 5.32 Å². The Morgan fingerprint density at radius 3 is 3.00 bits per heavy atom. The van der Waals surface area contributed by atoms with E-state index in [9.17, 15) is 4.79 Å². The van der Waals surface area contributed by atoms with Gasteiger partial charge in [-0.2, -0.15) is 0 Å². The normalized spacial score (nSPS) is 26.8. The fraction of sp³-hybridized carbons (Fsp3) is 0.533. The molecule has 0 bridgehead atoms. The van der Waals surface area contributed by atoms with Crippen molar-refractivity contribution in [3.8, 4) is 0 Å². The minimum absolute atomic E-state index is 0.00443. The van der Waals surface area contributed by atoms with E-state index in [0.29, 0.717) is 6.04 Å². The maximum Gasteiger partial charge on any atom is 0.237 e. The lowest BCUT2D eigenvalue weighted by Crippen LogP contribution is -2.49. The maximum absolute atomic E-state index is 11.8. The molecule has 1 aromatic rings. The summed E-state index contributed by atoms with van der Waals surface area (Å²) in [5, 5.41) is 6.48. The van der Waals surface area contributed by atoms with Gasteiger partial charge in [0.25, 0.3) is 0 Å². The number of hydrogen-bond donors (Lipinski definition) is 2. The predicted octanol–water partition coefficient (Wildman–Crippen LogP) is 1.85. The molecule has 0 radical (unpaired) electrons. The molecule has 18 heavy (non-hydrogen) atoms. The third kappa shape index (κ3) is 2.15. The molecule has 1 aromatic carbocycles. The maximum atomic E-state index is 11.8. The van der Waals surface area contributed by atoms with E-state index in [0.717, 1.165) is 32.2 Å². The van der Waals surface area contributed by atoms with Gasteiger partial charge in [0.1, 0.15) is 0 Å². The lowest BCUT2D eigenvalue weighted by molar-refractivity contribution is -0.124. The molecule has 0 spiro atoms. The van der Waals surface area contributed by atoms with Gasteiger partial charge >= 0.3 is 0 Å². The van der Waals surface area contributed by atoms with Crippen LogP contribution in [0.25, 0.3) is 0 Å². The molecular formula is C15H20N2O. The number of piperidine rings is 1. The molecule has 1 saturated heterocycles. The number of benzene rings is 1. The monoisotopic (exact) mass is 244 g/mol. The van der Waals surface area contributed by atoms with Crippen LogP contribution in [-0.4, -0.2) is 18.5 Å². The Bertz CT molecular complexity index is 470. The third-order valence-electron chi connectivity index (χ3n) is 4.07. The number of amides is 1. The molecule has 3 heteroatoms. The molecule has 1 fully saturated rings. The highest BCUT2D eigenvalue weighted by molar-refractivity contribution is 5.82. The molecule has 0 aromatic heterocycles. The Kier molecular flexibility index (Phi) is 3.08. The zero-order valence-electron chi connectivity index (χ0n) is 10.8. The van der Waals surface area contributed by atoms with Crippen LogP contribution in [0.1, 0.15) is 42.0 Å². The van der Waals surface area contributed by atoms with E-state index in [2.05, 4.69) is 35.8 Å². The van der Waals surface area contributed by atoms with Gasteiger partial charge in [0.15, 0.2) is 0 Å². The first-order chi connectivity index (χ1) is 8.74. The van der Waals surface area contributed by atoms with Crippen LogP contribution in [0, 0.1) is 6.92 Å². The molecular weight excluding hydrogens is 224 g/mol. The van der Waals surface area contributed by atoms with Crippen molar-refractivity contribution in [2.24, 2.45) is 0 Å². The molecule has 2 aliphatic rings.